The fourth-order valence-electron chi connectivity index (χ4n) is 2.45. The zero-order valence-electron chi connectivity index (χ0n) is 11.8. The van der Waals surface area contributed by atoms with Gasteiger partial charge in [0.1, 0.15) is 6.04 Å². The van der Waals surface area contributed by atoms with E-state index in [0.29, 0.717) is 19.0 Å². The van der Waals surface area contributed by atoms with Crippen LogP contribution < -0.4 is 11.1 Å². The molecule has 0 bridgehead atoms. The normalized spacial score (nSPS) is 19.6. The second kappa shape index (κ2) is 7.72. The van der Waals surface area contributed by atoms with Gasteiger partial charge in [-0.3, -0.25) is 4.79 Å². The molecule has 2 atom stereocenters. The summed E-state index contributed by atoms with van der Waals surface area (Å²) in [6.45, 7) is 3.42. The molecule has 1 aliphatic heterocycles. The first-order valence-corrected chi connectivity index (χ1v) is 7.00. The molecule has 0 saturated carbocycles. The SMILES string of the molecule is CCCC1CCN(C(=O)N[C@H](CCC(N)=O)C(=O)O)C1. The number of amides is 3. The van der Waals surface area contributed by atoms with Crippen LogP contribution in [-0.4, -0.2) is 47.0 Å². The van der Waals surface area contributed by atoms with Crippen molar-refractivity contribution in [1.82, 2.24) is 10.2 Å². The standard InChI is InChI=1S/C13H23N3O4/c1-2-3-9-6-7-16(8-9)13(20)15-10(12(18)19)4-5-11(14)17/h9-10H,2-8H2,1H3,(H2,14,17)(H,15,20)(H,18,19)/t9?,10-/m1/s1. The smallest absolute Gasteiger partial charge is 0.326 e. The number of rotatable bonds is 7. The molecular formula is C13H23N3O4. The average Bonchev–Trinajstić information content (AvgIpc) is 2.82. The highest BCUT2D eigenvalue weighted by Gasteiger charge is 2.28. The number of hydrogen-bond acceptors (Lipinski definition) is 3. The summed E-state index contributed by atoms with van der Waals surface area (Å²) in [6, 6.07) is -1.44. The minimum atomic E-state index is -1.15. The number of nitrogens with zero attached hydrogens (tertiary/aromatic N) is 1. The van der Waals surface area contributed by atoms with E-state index < -0.39 is 17.9 Å². The largest absolute Gasteiger partial charge is 0.480 e. The monoisotopic (exact) mass is 285 g/mol. The molecule has 0 radical (unpaired) electrons. The highest BCUT2D eigenvalue weighted by Crippen LogP contribution is 2.20. The van der Waals surface area contributed by atoms with Crippen molar-refractivity contribution in [2.24, 2.45) is 11.7 Å². The van der Waals surface area contributed by atoms with Crippen LogP contribution in [0, 0.1) is 5.92 Å². The maximum atomic E-state index is 12.0. The molecule has 4 N–H and O–H groups in total. The number of aliphatic carboxylic acids is 1. The summed E-state index contributed by atoms with van der Waals surface area (Å²) in [5.74, 6) is -1.22. The zero-order valence-corrected chi connectivity index (χ0v) is 11.8. The van der Waals surface area contributed by atoms with Gasteiger partial charge < -0.3 is 21.1 Å². The minimum absolute atomic E-state index is 0.0165. The number of carbonyl (C=O) groups is 3. The predicted octanol–water partition coefficient (Wildman–Crippen LogP) is 0.537. The van der Waals surface area contributed by atoms with Gasteiger partial charge in [-0.1, -0.05) is 13.3 Å². The quantitative estimate of drug-likeness (QED) is 0.633. The molecule has 0 aromatic rings. The van der Waals surface area contributed by atoms with E-state index in [-0.39, 0.29) is 18.9 Å². The lowest BCUT2D eigenvalue weighted by molar-refractivity contribution is -0.139. The van der Waals surface area contributed by atoms with Gasteiger partial charge >= 0.3 is 12.0 Å². The number of urea groups is 1. The van der Waals surface area contributed by atoms with E-state index in [2.05, 4.69) is 12.2 Å². The van der Waals surface area contributed by atoms with Crippen LogP contribution in [-0.2, 0) is 9.59 Å². The minimum Gasteiger partial charge on any atom is -0.480 e. The van der Waals surface area contributed by atoms with E-state index >= 15 is 0 Å². The number of nitrogens with two attached hydrogens (primary N) is 1. The first kappa shape index (κ1) is 16.3. The molecule has 1 heterocycles. The van der Waals surface area contributed by atoms with Crippen molar-refractivity contribution in [2.45, 2.75) is 45.1 Å². The molecule has 0 spiro atoms. The van der Waals surface area contributed by atoms with Gasteiger partial charge in [0.2, 0.25) is 5.91 Å². The van der Waals surface area contributed by atoms with Crippen LogP contribution in [0.1, 0.15) is 39.0 Å². The van der Waals surface area contributed by atoms with Crippen molar-refractivity contribution in [3.8, 4) is 0 Å². The van der Waals surface area contributed by atoms with Gasteiger partial charge in [0.15, 0.2) is 0 Å². The predicted molar refractivity (Wildman–Crippen MR) is 73.0 cm³/mol. The molecule has 1 saturated heterocycles. The van der Waals surface area contributed by atoms with E-state index in [0.717, 1.165) is 19.3 Å². The molecule has 0 aromatic heterocycles. The number of carbonyl (C=O) groups excluding carboxylic acids is 2. The number of carboxylic acid groups (broad SMARTS) is 1. The number of likely N-dealkylation sites (tertiary alicyclic amines) is 1. The molecule has 1 unspecified atom stereocenters. The maximum absolute atomic E-state index is 12.0. The van der Waals surface area contributed by atoms with E-state index in [1.165, 1.54) is 0 Å². The second-order valence-electron chi connectivity index (χ2n) is 5.23. The summed E-state index contributed by atoms with van der Waals surface area (Å²) in [5.41, 5.74) is 4.99. The number of hydrogen-bond donors (Lipinski definition) is 3. The second-order valence-corrected chi connectivity index (χ2v) is 5.23. The van der Waals surface area contributed by atoms with Crippen molar-refractivity contribution in [2.75, 3.05) is 13.1 Å². The molecular weight excluding hydrogens is 262 g/mol. The number of primary amides is 1. The third-order valence-electron chi connectivity index (χ3n) is 3.55. The van der Waals surface area contributed by atoms with E-state index in [4.69, 9.17) is 10.8 Å². The maximum Gasteiger partial charge on any atom is 0.326 e. The van der Waals surface area contributed by atoms with Crippen molar-refractivity contribution < 1.29 is 19.5 Å². The average molecular weight is 285 g/mol. The molecule has 1 aliphatic rings. The third-order valence-corrected chi connectivity index (χ3v) is 3.55. The van der Waals surface area contributed by atoms with Gasteiger partial charge in [0.25, 0.3) is 0 Å². The Morgan fingerprint density at radius 1 is 1.45 bits per heavy atom. The highest BCUT2D eigenvalue weighted by atomic mass is 16.4. The third kappa shape index (κ3) is 5.07. The van der Waals surface area contributed by atoms with Gasteiger partial charge in [-0.2, -0.15) is 0 Å². The van der Waals surface area contributed by atoms with Crippen LogP contribution in [0.25, 0.3) is 0 Å². The highest BCUT2D eigenvalue weighted by molar-refractivity contribution is 5.83. The first-order chi connectivity index (χ1) is 9.43. The van der Waals surface area contributed by atoms with Crippen molar-refractivity contribution in [3.63, 3.8) is 0 Å². The Hall–Kier alpha value is -1.79. The van der Waals surface area contributed by atoms with E-state index in [9.17, 15) is 14.4 Å². The lowest BCUT2D eigenvalue weighted by Crippen LogP contribution is -2.47. The van der Waals surface area contributed by atoms with Crippen LogP contribution in [0.2, 0.25) is 0 Å². The molecule has 7 heteroatoms. The Kier molecular flexibility index (Phi) is 6.27. The molecule has 7 nitrogen and oxygen atoms in total. The summed E-state index contributed by atoms with van der Waals surface area (Å²) >= 11 is 0. The lowest BCUT2D eigenvalue weighted by Gasteiger charge is -2.21. The summed E-state index contributed by atoms with van der Waals surface area (Å²) in [7, 11) is 0. The van der Waals surface area contributed by atoms with Crippen LogP contribution in [0.3, 0.4) is 0 Å². The van der Waals surface area contributed by atoms with Gasteiger partial charge in [-0.05, 0) is 25.2 Å². The Morgan fingerprint density at radius 3 is 2.70 bits per heavy atom. The fraction of sp³-hybridized carbons (Fsp3) is 0.769. The fourth-order valence-corrected chi connectivity index (χ4v) is 2.45. The summed E-state index contributed by atoms with van der Waals surface area (Å²) in [6.07, 6.45) is 3.07. The molecule has 114 valence electrons. The van der Waals surface area contributed by atoms with Crippen LogP contribution >= 0.6 is 0 Å². The number of carboxylic acids is 1. The molecule has 3 amide bonds. The van der Waals surface area contributed by atoms with Gasteiger partial charge in [0.05, 0.1) is 0 Å². The molecule has 1 rings (SSSR count). The summed E-state index contributed by atoms with van der Waals surface area (Å²) in [4.78, 5) is 35.4. The van der Waals surface area contributed by atoms with Crippen molar-refractivity contribution in [3.05, 3.63) is 0 Å². The summed E-state index contributed by atoms with van der Waals surface area (Å²) in [5, 5.41) is 11.5. The molecule has 20 heavy (non-hydrogen) atoms. The van der Waals surface area contributed by atoms with Gasteiger partial charge in [-0.25, -0.2) is 9.59 Å². The van der Waals surface area contributed by atoms with Gasteiger partial charge in [-0.15, -0.1) is 0 Å². The van der Waals surface area contributed by atoms with Crippen molar-refractivity contribution >= 4 is 17.9 Å². The van der Waals surface area contributed by atoms with E-state index in [1.807, 2.05) is 0 Å². The Labute approximate surface area is 118 Å². The summed E-state index contributed by atoms with van der Waals surface area (Å²) < 4.78 is 0. The van der Waals surface area contributed by atoms with E-state index in [1.54, 1.807) is 4.90 Å². The Morgan fingerprint density at radius 2 is 2.15 bits per heavy atom. The van der Waals surface area contributed by atoms with Crippen LogP contribution in [0.15, 0.2) is 0 Å². The first-order valence-electron chi connectivity index (χ1n) is 7.00. The molecule has 1 fully saturated rings. The molecule has 0 aliphatic carbocycles. The lowest BCUT2D eigenvalue weighted by atomic mass is 10.0. The van der Waals surface area contributed by atoms with Crippen LogP contribution in [0.5, 0.6) is 0 Å². The van der Waals surface area contributed by atoms with Crippen LogP contribution in [0.4, 0.5) is 4.79 Å². The van der Waals surface area contributed by atoms with Gasteiger partial charge in [0, 0.05) is 19.5 Å². The Balaban J connectivity index is 2.46. The molecule has 0 aromatic carbocycles. The van der Waals surface area contributed by atoms with Crippen molar-refractivity contribution in [1.29, 1.82) is 0 Å². The number of nitrogens with one attached hydrogen (secondary N) is 1. The topological polar surface area (TPSA) is 113 Å². The Bertz CT molecular complexity index is 373. The zero-order chi connectivity index (χ0) is 15.1.